The Morgan fingerprint density at radius 3 is 2.56 bits per heavy atom. The molecule has 9 nitrogen and oxygen atoms in total. The van der Waals surface area contributed by atoms with Gasteiger partial charge in [-0.15, -0.1) is 0 Å². The molecule has 0 unspecified atom stereocenters. The Labute approximate surface area is 199 Å². The molecule has 5 rings (SSSR count). The van der Waals surface area contributed by atoms with Gasteiger partial charge in [0.2, 0.25) is 5.78 Å². The quantitative estimate of drug-likeness (QED) is 0.386. The lowest BCUT2D eigenvalue weighted by Gasteiger charge is -2.12. The van der Waals surface area contributed by atoms with Crippen LogP contribution >= 0.6 is 11.6 Å². The van der Waals surface area contributed by atoms with Gasteiger partial charge in [-0.05, 0) is 37.3 Å². The minimum Gasteiger partial charge on any atom is -0.497 e. The van der Waals surface area contributed by atoms with Crippen LogP contribution in [0.2, 0.25) is 5.02 Å². The molecule has 174 valence electrons. The van der Waals surface area contributed by atoms with Crippen LogP contribution in [0.5, 0.6) is 11.5 Å². The minimum atomic E-state index is -0.440. The third-order valence-corrected chi connectivity index (χ3v) is 6.10. The number of rotatable bonds is 5. The number of ether oxygens (including phenoxy) is 2. The molecule has 0 atom stereocenters. The maximum absolute atomic E-state index is 13.1. The van der Waals surface area contributed by atoms with Crippen molar-refractivity contribution in [3.63, 3.8) is 0 Å². The molecule has 0 bridgehead atoms. The molecule has 3 heterocycles. The van der Waals surface area contributed by atoms with Crippen LogP contribution < -0.4 is 20.7 Å². The van der Waals surface area contributed by atoms with Crippen molar-refractivity contribution in [3.05, 3.63) is 74.5 Å². The van der Waals surface area contributed by atoms with Crippen LogP contribution in [0.25, 0.3) is 33.9 Å². The number of fused-ring (bicyclic) bond motifs is 3. The standard InChI is InChI=1S/C24H22ClN5O4/c1-5-34-19-10-9-14(11-17(19)25)18-13-29-20-21(27(2)24(32)28(3)22(20)31)26-23(29)30(18)15-7-6-8-16(12-15)33-4/h6-13H,5H2,1-4H3. The summed E-state index contributed by atoms with van der Waals surface area (Å²) in [5.41, 5.74) is 2.06. The second kappa shape index (κ2) is 8.11. The van der Waals surface area contributed by atoms with E-state index < -0.39 is 11.2 Å². The molecule has 0 spiro atoms. The first kappa shape index (κ1) is 21.8. The van der Waals surface area contributed by atoms with Crippen molar-refractivity contribution < 1.29 is 9.47 Å². The van der Waals surface area contributed by atoms with Gasteiger partial charge >= 0.3 is 5.69 Å². The molecule has 0 N–H and O–H groups in total. The number of methoxy groups -OCH3 is 1. The van der Waals surface area contributed by atoms with Crippen molar-refractivity contribution in [1.29, 1.82) is 0 Å². The highest BCUT2D eigenvalue weighted by atomic mass is 35.5. The molecule has 0 fully saturated rings. The maximum atomic E-state index is 13.1. The van der Waals surface area contributed by atoms with Crippen molar-refractivity contribution in [3.8, 4) is 28.4 Å². The molecule has 10 heteroatoms. The van der Waals surface area contributed by atoms with Gasteiger partial charge in [-0.2, -0.15) is 4.98 Å². The summed E-state index contributed by atoms with van der Waals surface area (Å²) in [6.45, 7) is 2.40. The van der Waals surface area contributed by atoms with E-state index in [-0.39, 0.29) is 0 Å². The predicted octanol–water partition coefficient (Wildman–Crippen LogP) is 3.40. The summed E-state index contributed by atoms with van der Waals surface area (Å²) in [5, 5.41) is 0.471. The van der Waals surface area contributed by atoms with Gasteiger partial charge in [-0.1, -0.05) is 17.7 Å². The lowest BCUT2D eigenvalue weighted by molar-refractivity contribution is 0.340. The molecule has 0 saturated carbocycles. The number of nitrogens with zero attached hydrogens (tertiary/aromatic N) is 5. The summed E-state index contributed by atoms with van der Waals surface area (Å²) in [6.07, 6.45) is 1.82. The first-order valence-corrected chi connectivity index (χ1v) is 11.0. The fourth-order valence-corrected chi connectivity index (χ4v) is 4.35. The van der Waals surface area contributed by atoms with Gasteiger partial charge in [-0.25, -0.2) is 4.79 Å². The summed E-state index contributed by atoms with van der Waals surface area (Å²) >= 11 is 6.49. The minimum absolute atomic E-state index is 0.302. The highest BCUT2D eigenvalue weighted by Crippen LogP contribution is 2.34. The molecule has 0 amide bonds. The van der Waals surface area contributed by atoms with Crippen molar-refractivity contribution in [2.24, 2.45) is 14.1 Å². The van der Waals surface area contributed by atoms with Gasteiger partial charge in [0.15, 0.2) is 11.2 Å². The van der Waals surface area contributed by atoms with Crippen LogP contribution in [0.3, 0.4) is 0 Å². The van der Waals surface area contributed by atoms with Gasteiger partial charge in [-0.3, -0.25) is 22.9 Å². The molecule has 0 saturated heterocycles. The van der Waals surface area contributed by atoms with E-state index >= 15 is 0 Å². The molecule has 34 heavy (non-hydrogen) atoms. The number of benzene rings is 2. The third-order valence-electron chi connectivity index (χ3n) is 5.80. The topological polar surface area (TPSA) is 84.7 Å². The number of hydrogen-bond acceptors (Lipinski definition) is 5. The average Bonchev–Trinajstić information content (AvgIpc) is 3.39. The van der Waals surface area contributed by atoms with Crippen LogP contribution in [-0.4, -0.2) is 36.8 Å². The van der Waals surface area contributed by atoms with E-state index in [0.29, 0.717) is 40.1 Å². The lowest BCUT2D eigenvalue weighted by atomic mass is 10.1. The zero-order chi connectivity index (χ0) is 24.1. The zero-order valence-electron chi connectivity index (χ0n) is 19.1. The Bertz CT molecular complexity index is 1690. The van der Waals surface area contributed by atoms with E-state index in [0.717, 1.165) is 21.5 Å². The maximum Gasteiger partial charge on any atom is 0.332 e. The first-order valence-electron chi connectivity index (χ1n) is 10.6. The van der Waals surface area contributed by atoms with Gasteiger partial charge in [0.1, 0.15) is 11.5 Å². The number of imidazole rings is 2. The van der Waals surface area contributed by atoms with E-state index in [1.807, 2.05) is 60.2 Å². The lowest BCUT2D eigenvalue weighted by Crippen LogP contribution is -2.37. The number of aryl methyl sites for hydroxylation is 1. The Hall–Kier alpha value is -3.98. The van der Waals surface area contributed by atoms with Crippen LogP contribution in [0.1, 0.15) is 6.92 Å². The van der Waals surface area contributed by atoms with Crippen molar-refractivity contribution in [2.75, 3.05) is 13.7 Å². The second-order valence-corrected chi connectivity index (χ2v) is 8.20. The number of hydrogen-bond donors (Lipinski definition) is 0. The van der Waals surface area contributed by atoms with E-state index in [2.05, 4.69) is 0 Å². The van der Waals surface area contributed by atoms with Gasteiger partial charge < -0.3 is 9.47 Å². The van der Waals surface area contributed by atoms with Gasteiger partial charge in [0.25, 0.3) is 5.56 Å². The largest absolute Gasteiger partial charge is 0.497 e. The fourth-order valence-electron chi connectivity index (χ4n) is 4.11. The molecule has 0 radical (unpaired) electrons. The smallest absolute Gasteiger partial charge is 0.332 e. The molecule has 3 aromatic heterocycles. The summed E-state index contributed by atoms with van der Waals surface area (Å²) in [7, 11) is 4.65. The van der Waals surface area contributed by atoms with Crippen LogP contribution in [0, 0.1) is 0 Å². The summed E-state index contributed by atoms with van der Waals surface area (Å²) < 4.78 is 17.1. The summed E-state index contributed by atoms with van der Waals surface area (Å²) in [4.78, 5) is 30.2. The second-order valence-electron chi connectivity index (χ2n) is 7.79. The van der Waals surface area contributed by atoms with E-state index in [1.54, 1.807) is 18.6 Å². The zero-order valence-corrected chi connectivity index (χ0v) is 19.8. The normalized spacial score (nSPS) is 11.4. The average molecular weight is 480 g/mol. The number of aromatic nitrogens is 5. The number of halogens is 1. The predicted molar refractivity (Wildman–Crippen MR) is 131 cm³/mol. The third kappa shape index (κ3) is 3.19. The van der Waals surface area contributed by atoms with Crippen LogP contribution in [0.4, 0.5) is 0 Å². The molecule has 2 aromatic carbocycles. The highest BCUT2D eigenvalue weighted by molar-refractivity contribution is 6.32. The van der Waals surface area contributed by atoms with Crippen molar-refractivity contribution in [1.82, 2.24) is 23.1 Å². The first-order chi connectivity index (χ1) is 16.3. The summed E-state index contributed by atoms with van der Waals surface area (Å²) in [6, 6.07) is 13.0. The van der Waals surface area contributed by atoms with E-state index in [4.69, 9.17) is 26.1 Å². The SMILES string of the molecule is CCOc1ccc(-c2cn3c4c(=O)n(C)c(=O)n(C)c4nc3n2-c2cccc(OC)c2)cc1Cl. The highest BCUT2D eigenvalue weighted by Gasteiger charge is 2.22. The van der Waals surface area contributed by atoms with E-state index in [1.165, 1.54) is 11.6 Å². The van der Waals surface area contributed by atoms with E-state index in [9.17, 15) is 9.59 Å². The van der Waals surface area contributed by atoms with Crippen molar-refractivity contribution >= 4 is 28.5 Å². The molecule has 0 aliphatic carbocycles. The Kier molecular flexibility index (Phi) is 5.21. The Morgan fingerprint density at radius 2 is 1.85 bits per heavy atom. The molecular weight excluding hydrogens is 458 g/mol. The molecule has 0 aliphatic rings. The van der Waals surface area contributed by atoms with Gasteiger partial charge in [0.05, 0.1) is 30.1 Å². The molecule has 0 aliphatic heterocycles. The van der Waals surface area contributed by atoms with Gasteiger partial charge in [0, 0.05) is 31.9 Å². The molecular formula is C24H22ClN5O4. The monoisotopic (exact) mass is 479 g/mol. The van der Waals surface area contributed by atoms with Crippen LogP contribution in [-0.2, 0) is 14.1 Å². The Balaban J connectivity index is 1.89. The fraction of sp³-hybridized carbons (Fsp3) is 0.208. The Morgan fingerprint density at radius 1 is 1.06 bits per heavy atom. The van der Waals surface area contributed by atoms with Crippen LogP contribution in [0.15, 0.2) is 58.3 Å². The summed E-state index contributed by atoms with van der Waals surface area (Å²) in [5.74, 6) is 1.73. The van der Waals surface area contributed by atoms with Crippen molar-refractivity contribution in [2.45, 2.75) is 6.92 Å². The molecule has 5 aromatic rings.